The molecule has 0 saturated carbocycles. The van der Waals surface area contributed by atoms with Crippen LogP contribution in [-0.2, 0) is 14.3 Å². The quantitative estimate of drug-likeness (QED) is 0.276. The van der Waals surface area contributed by atoms with Crippen LogP contribution in [0.1, 0.15) is 0 Å². The van der Waals surface area contributed by atoms with Gasteiger partial charge in [-0.05, 0) is 29.9 Å². The van der Waals surface area contributed by atoms with E-state index in [4.69, 9.17) is 4.74 Å². The summed E-state index contributed by atoms with van der Waals surface area (Å²) in [6, 6.07) is 0. The Kier molecular flexibility index (Phi) is 9.87. The molecule has 0 aromatic carbocycles. The van der Waals surface area contributed by atoms with Crippen LogP contribution in [0.4, 0.5) is 0 Å². The van der Waals surface area contributed by atoms with Gasteiger partial charge in [-0.2, -0.15) is 0 Å². The predicted molar refractivity (Wildman–Crippen MR) is 77.1 cm³/mol. The number of aliphatic hydroxyl groups is 1. The van der Waals surface area contributed by atoms with Gasteiger partial charge in [-0.25, -0.2) is 4.79 Å². The zero-order valence-electron chi connectivity index (χ0n) is 11.4. The molecule has 0 fully saturated rings. The highest BCUT2D eigenvalue weighted by atomic mass is 16.5. The zero-order valence-corrected chi connectivity index (χ0v) is 11.4. The van der Waals surface area contributed by atoms with E-state index in [-0.39, 0.29) is 0 Å². The van der Waals surface area contributed by atoms with Gasteiger partial charge < -0.3 is 14.6 Å². The third kappa shape index (κ3) is 9.35. The second-order valence-electron chi connectivity index (χ2n) is 3.28. The largest absolute Gasteiger partial charge is 0.504 e. The van der Waals surface area contributed by atoms with Gasteiger partial charge >= 0.3 is 5.97 Å². The molecule has 4 nitrogen and oxygen atoms in total. The summed E-state index contributed by atoms with van der Waals surface area (Å²) in [5.74, 6) is 9.95. The number of methoxy groups -OCH3 is 2. The van der Waals surface area contributed by atoms with Crippen molar-refractivity contribution >= 4 is 5.97 Å². The van der Waals surface area contributed by atoms with Crippen molar-refractivity contribution < 1.29 is 19.4 Å². The summed E-state index contributed by atoms with van der Waals surface area (Å²) in [4.78, 5) is 10.7. The summed E-state index contributed by atoms with van der Waals surface area (Å²) < 4.78 is 9.08. The molecule has 0 aliphatic carbocycles. The van der Waals surface area contributed by atoms with Crippen molar-refractivity contribution in [2.45, 2.75) is 6.10 Å². The number of allylic oxidation sites excluding steroid dienone is 3. The number of aliphatic hydroxyl groups excluding tert-OH is 1. The SMILES string of the molecule is C=C(/C=C/OC)C(O)C#C/C=C\C#C/C=C/C(=O)OC. The summed E-state index contributed by atoms with van der Waals surface area (Å²) >= 11 is 0. The lowest BCUT2D eigenvalue weighted by atomic mass is 10.2. The molecule has 0 amide bonds. The minimum absolute atomic E-state index is 0.430. The zero-order chi connectivity index (χ0) is 15.2. The van der Waals surface area contributed by atoms with Crippen molar-refractivity contribution in [3.05, 3.63) is 48.8 Å². The molecule has 0 aliphatic rings. The Morgan fingerprint density at radius 2 is 1.80 bits per heavy atom. The fraction of sp³-hybridized carbons (Fsp3) is 0.188. The minimum Gasteiger partial charge on any atom is -0.504 e. The van der Waals surface area contributed by atoms with E-state index in [1.54, 1.807) is 0 Å². The van der Waals surface area contributed by atoms with Gasteiger partial charge in [0.1, 0.15) is 6.10 Å². The van der Waals surface area contributed by atoms with Crippen LogP contribution in [0, 0.1) is 23.7 Å². The molecular weight excluding hydrogens is 256 g/mol. The summed E-state index contributed by atoms with van der Waals surface area (Å²) in [6.45, 7) is 3.63. The molecule has 20 heavy (non-hydrogen) atoms. The number of carbonyl (C=O) groups excluding carboxylic acids is 1. The highest BCUT2D eigenvalue weighted by molar-refractivity contribution is 5.82. The van der Waals surface area contributed by atoms with Crippen molar-refractivity contribution in [2.75, 3.05) is 14.2 Å². The highest BCUT2D eigenvalue weighted by Gasteiger charge is 1.99. The highest BCUT2D eigenvalue weighted by Crippen LogP contribution is 1.99. The summed E-state index contributed by atoms with van der Waals surface area (Å²) in [5.41, 5.74) is 0.430. The number of hydrogen-bond donors (Lipinski definition) is 1. The van der Waals surface area contributed by atoms with E-state index in [0.29, 0.717) is 5.57 Å². The van der Waals surface area contributed by atoms with Crippen LogP contribution < -0.4 is 0 Å². The standard InChI is InChI=1S/C16H16O4/c1-14(12-13-19-2)15(17)10-8-6-4-5-7-9-11-16(18)20-3/h4,6,9,11-13,15,17H,1H2,2-3H3/b6-4-,11-9+,13-12+. The van der Waals surface area contributed by atoms with E-state index in [1.165, 1.54) is 50.9 Å². The molecule has 104 valence electrons. The van der Waals surface area contributed by atoms with E-state index >= 15 is 0 Å². The maximum absolute atomic E-state index is 10.7. The molecule has 0 heterocycles. The van der Waals surface area contributed by atoms with Crippen LogP contribution in [0.15, 0.2) is 48.8 Å². The molecule has 0 spiro atoms. The third-order valence-corrected chi connectivity index (χ3v) is 1.83. The Bertz CT molecular complexity index is 530. The van der Waals surface area contributed by atoms with Crippen molar-refractivity contribution in [3.63, 3.8) is 0 Å². The van der Waals surface area contributed by atoms with Crippen LogP contribution >= 0.6 is 0 Å². The fourth-order valence-corrected chi connectivity index (χ4v) is 0.824. The normalized spacial score (nSPS) is 11.6. The summed E-state index contributed by atoms with van der Waals surface area (Å²) in [7, 11) is 2.79. The van der Waals surface area contributed by atoms with Crippen molar-refractivity contribution in [1.82, 2.24) is 0 Å². The van der Waals surface area contributed by atoms with E-state index in [9.17, 15) is 9.90 Å². The predicted octanol–water partition coefficient (Wildman–Crippen LogP) is 1.36. The molecule has 0 aliphatic heterocycles. The van der Waals surface area contributed by atoms with E-state index < -0.39 is 12.1 Å². The molecule has 4 heteroatoms. The van der Waals surface area contributed by atoms with Crippen LogP contribution in [0.25, 0.3) is 0 Å². The maximum Gasteiger partial charge on any atom is 0.331 e. The second kappa shape index (κ2) is 11.4. The first-order valence-corrected chi connectivity index (χ1v) is 5.59. The number of carbonyl (C=O) groups is 1. The van der Waals surface area contributed by atoms with Gasteiger partial charge in [0.15, 0.2) is 0 Å². The van der Waals surface area contributed by atoms with Gasteiger partial charge in [-0.1, -0.05) is 30.3 Å². The van der Waals surface area contributed by atoms with Crippen molar-refractivity contribution in [2.24, 2.45) is 0 Å². The lowest BCUT2D eigenvalue weighted by molar-refractivity contribution is -0.134. The summed E-state index contributed by atoms with van der Waals surface area (Å²) in [6.07, 6.45) is 7.53. The molecule has 0 radical (unpaired) electrons. The Morgan fingerprint density at radius 3 is 2.45 bits per heavy atom. The van der Waals surface area contributed by atoms with Crippen LogP contribution in [0.2, 0.25) is 0 Å². The van der Waals surface area contributed by atoms with Gasteiger partial charge in [0.25, 0.3) is 0 Å². The van der Waals surface area contributed by atoms with Crippen LogP contribution in [0.5, 0.6) is 0 Å². The van der Waals surface area contributed by atoms with E-state index in [0.717, 1.165) is 0 Å². The van der Waals surface area contributed by atoms with E-state index in [2.05, 4.69) is 35.0 Å². The molecular formula is C16H16O4. The number of hydrogen-bond acceptors (Lipinski definition) is 4. The fourth-order valence-electron chi connectivity index (χ4n) is 0.824. The van der Waals surface area contributed by atoms with Gasteiger partial charge in [-0.3, -0.25) is 0 Å². The lowest BCUT2D eigenvalue weighted by Gasteiger charge is -2.00. The Morgan fingerprint density at radius 1 is 1.15 bits per heavy atom. The molecule has 1 atom stereocenters. The summed E-state index contributed by atoms with van der Waals surface area (Å²) in [5, 5.41) is 9.56. The molecule has 0 rings (SSSR count). The van der Waals surface area contributed by atoms with Gasteiger partial charge in [0, 0.05) is 6.08 Å². The second-order valence-corrected chi connectivity index (χ2v) is 3.28. The van der Waals surface area contributed by atoms with Crippen molar-refractivity contribution in [1.29, 1.82) is 0 Å². The first kappa shape index (κ1) is 17.3. The number of rotatable bonds is 4. The maximum atomic E-state index is 10.7. The molecule has 0 saturated heterocycles. The third-order valence-electron chi connectivity index (χ3n) is 1.83. The first-order valence-electron chi connectivity index (χ1n) is 5.59. The lowest BCUT2D eigenvalue weighted by Crippen LogP contribution is -2.03. The topological polar surface area (TPSA) is 55.8 Å². The molecule has 0 aromatic rings. The molecule has 0 aromatic heterocycles. The molecule has 1 N–H and O–H groups in total. The van der Waals surface area contributed by atoms with E-state index in [1.807, 2.05) is 0 Å². The van der Waals surface area contributed by atoms with Crippen molar-refractivity contribution in [3.8, 4) is 23.7 Å². The minimum atomic E-state index is -0.960. The van der Waals surface area contributed by atoms with Gasteiger partial charge in [-0.15, -0.1) is 0 Å². The Hall–Kier alpha value is -2.69. The monoisotopic (exact) mass is 272 g/mol. The Balaban J connectivity index is 4.27. The Labute approximate surface area is 119 Å². The average Bonchev–Trinajstić information content (AvgIpc) is 2.46. The first-order chi connectivity index (χ1) is 9.61. The molecule has 1 unspecified atom stereocenters. The number of esters is 1. The van der Waals surface area contributed by atoms with Crippen LogP contribution in [0.3, 0.4) is 0 Å². The number of ether oxygens (including phenoxy) is 2. The van der Waals surface area contributed by atoms with Crippen LogP contribution in [-0.4, -0.2) is 31.4 Å². The smallest absolute Gasteiger partial charge is 0.331 e. The molecule has 0 bridgehead atoms. The van der Waals surface area contributed by atoms with Gasteiger partial charge in [0.2, 0.25) is 0 Å². The average molecular weight is 272 g/mol. The van der Waals surface area contributed by atoms with Gasteiger partial charge in [0.05, 0.1) is 20.5 Å².